The van der Waals surface area contributed by atoms with Crippen molar-refractivity contribution in [3.8, 4) is 0 Å². The Morgan fingerprint density at radius 1 is 0.312 bits per heavy atom. The van der Waals surface area contributed by atoms with Gasteiger partial charge in [0.1, 0.15) is 0 Å². The molecule has 0 aromatic heterocycles. The molecule has 0 spiro atoms. The number of hydrogen-bond acceptors (Lipinski definition) is 6. The lowest BCUT2D eigenvalue weighted by molar-refractivity contribution is 0.0621. The van der Waals surface area contributed by atoms with E-state index in [0.717, 1.165) is 11.5 Å². The minimum atomic E-state index is -2.13. The zero-order valence-electron chi connectivity index (χ0n) is 24.1. The van der Waals surface area contributed by atoms with Crippen LogP contribution >= 0.6 is 0 Å². The molecule has 0 atom stereocenters. The van der Waals surface area contributed by atoms with Crippen LogP contribution in [0.15, 0.2) is 72.8 Å². The van der Waals surface area contributed by atoms with Gasteiger partial charge in [0.15, 0.2) is 0 Å². The van der Waals surface area contributed by atoms with E-state index in [2.05, 4.69) is 0 Å². The molecule has 12 nitrogen and oxygen atoms in total. The van der Waals surface area contributed by atoms with E-state index in [0.29, 0.717) is 21.5 Å². The van der Waals surface area contributed by atoms with Crippen molar-refractivity contribution in [3.05, 3.63) is 106 Å². The van der Waals surface area contributed by atoms with Crippen LogP contribution in [0, 0.1) is 0 Å². The molecule has 7 aromatic carbocycles. The number of carboxylic acids is 6. The first-order valence-electron chi connectivity index (χ1n) is 14.0. The molecule has 0 amide bonds. The van der Waals surface area contributed by atoms with E-state index in [-0.39, 0.29) is 32.5 Å². The zero-order valence-corrected chi connectivity index (χ0v) is 24.1. The molecule has 0 saturated carbocycles. The molecule has 7 aromatic rings. The van der Waals surface area contributed by atoms with E-state index < -0.39 is 74.4 Å². The summed E-state index contributed by atoms with van der Waals surface area (Å²) in [6, 6.07) is 19.8. The third-order valence-corrected chi connectivity index (χ3v) is 8.65. The second-order valence-corrected chi connectivity index (χ2v) is 11.1. The summed E-state index contributed by atoms with van der Waals surface area (Å²) in [4.78, 5) is 76.9. The van der Waals surface area contributed by atoms with Crippen molar-refractivity contribution < 1.29 is 59.4 Å². The highest BCUT2D eigenvalue weighted by atomic mass is 16.4. The van der Waals surface area contributed by atoms with E-state index in [4.69, 9.17) is 0 Å². The molecule has 48 heavy (non-hydrogen) atoms. The predicted octanol–water partition coefficient (Wildman–Crippen LogP) is 6.80. The van der Waals surface area contributed by atoms with E-state index in [9.17, 15) is 59.4 Å². The Kier molecular flexibility index (Phi) is 6.31. The van der Waals surface area contributed by atoms with Crippen molar-refractivity contribution in [2.45, 2.75) is 0 Å². The fraction of sp³-hybridized carbons (Fsp3) is 0. The first-order chi connectivity index (χ1) is 22.8. The summed E-state index contributed by atoms with van der Waals surface area (Å²) >= 11 is 0. The number of carbonyl (C=O) groups is 6. The number of fused-ring (bicyclic) bond motifs is 9. The van der Waals surface area contributed by atoms with Crippen LogP contribution in [0.1, 0.15) is 62.1 Å². The Balaban J connectivity index is 1.99. The summed E-state index contributed by atoms with van der Waals surface area (Å²) in [7, 11) is 0. The van der Waals surface area contributed by atoms with Gasteiger partial charge in [-0.15, -0.1) is 0 Å². The van der Waals surface area contributed by atoms with Crippen LogP contribution in [0.5, 0.6) is 0 Å². The van der Waals surface area contributed by atoms with Crippen LogP contribution in [-0.2, 0) is 0 Å². The van der Waals surface area contributed by atoms with Gasteiger partial charge >= 0.3 is 35.8 Å². The first-order valence-corrected chi connectivity index (χ1v) is 14.0. The fourth-order valence-electron chi connectivity index (χ4n) is 6.93. The second kappa shape index (κ2) is 10.2. The van der Waals surface area contributed by atoms with Crippen LogP contribution in [0.4, 0.5) is 0 Å². The van der Waals surface area contributed by atoms with Crippen molar-refractivity contribution in [2.75, 3.05) is 0 Å². The molecular formula is C36H18O12. The Bertz CT molecular complexity index is 2740. The van der Waals surface area contributed by atoms with Gasteiger partial charge in [-0.1, -0.05) is 48.5 Å². The maximum atomic E-state index is 13.4. The van der Waals surface area contributed by atoms with Crippen molar-refractivity contribution in [2.24, 2.45) is 0 Å². The quantitative estimate of drug-likeness (QED) is 0.0814. The normalized spacial score (nSPS) is 11.5. The van der Waals surface area contributed by atoms with E-state index in [1.165, 1.54) is 6.07 Å². The van der Waals surface area contributed by atoms with Gasteiger partial charge in [-0.05, 0) is 72.7 Å². The van der Waals surface area contributed by atoms with Crippen LogP contribution in [-0.4, -0.2) is 66.5 Å². The third kappa shape index (κ3) is 3.96. The van der Waals surface area contributed by atoms with Gasteiger partial charge in [0.2, 0.25) is 0 Å². The van der Waals surface area contributed by atoms with Gasteiger partial charge in [-0.3, -0.25) is 0 Å². The highest BCUT2D eigenvalue weighted by molar-refractivity contribution is 6.40. The lowest BCUT2D eigenvalue weighted by atomic mass is 9.80. The summed E-state index contributed by atoms with van der Waals surface area (Å²) in [5.74, 6) is -11.5. The molecule has 12 heteroatoms. The number of aromatic carboxylic acids is 6. The summed E-state index contributed by atoms with van der Waals surface area (Å²) in [5.41, 5.74) is -6.45. The smallest absolute Gasteiger partial charge is 0.337 e. The van der Waals surface area contributed by atoms with E-state index in [1.54, 1.807) is 60.7 Å². The Morgan fingerprint density at radius 3 is 1.21 bits per heavy atom. The van der Waals surface area contributed by atoms with Crippen LogP contribution in [0.25, 0.3) is 64.6 Å². The molecule has 0 bridgehead atoms. The van der Waals surface area contributed by atoms with Crippen LogP contribution in [0.2, 0.25) is 0 Å². The van der Waals surface area contributed by atoms with E-state index >= 15 is 0 Å². The molecule has 234 valence electrons. The first kappa shape index (κ1) is 29.6. The van der Waals surface area contributed by atoms with Gasteiger partial charge in [-0.2, -0.15) is 0 Å². The van der Waals surface area contributed by atoms with Crippen LogP contribution in [0.3, 0.4) is 0 Å². The molecule has 7 rings (SSSR count). The largest absolute Gasteiger partial charge is 0.478 e. The molecular weight excluding hydrogens is 624 g/mol. The Labute approximate surface area is 265 Å². The molecule has 0 aliphatic rings. The maximum Gasteiger partial charge on any atom is 0.337 e. The number of hydrogen-bond donors (Lipinski definition) is 6. The third-order valence-electron chi connectivity index (χ3n) is 8.65. The van der Waals surface area contributed by atoms with Gasteiger partial charge in [0, 0.05) is 16.2 Å². The molecule has 0 aliphatic heterocycles. The minimum Gasteiger partial charge on any atom is -0.478 e. The van der Waals surface area contributed by atoms with Gasteiger partial charge in [0.25, 0.3) is 0 Å². The summed E-state index contributed by atoms with van der Waals surface area (Å²) in [5, 5.41) is 63.3. The molecule has 0 radical (unpaired) electrons. The van der Waals surface area contributed by atoms with Crippen LogP contribution < -0.4 is 0 Å². The van der Waals surface area contributed by atoms with Gasteiger partial charge in [-0.25, -0.2) is 28.8 Å². The van der Waals surface area contributed by atoms with Gasteiger partial charge < -0.3 is 30.6 Å². The standard InChI is InChI=1S/C36H18O12/c37-31(38)25-16-8-4-3-7-15(16)11-19-17-9-13-5-1-2-6-14(13)10-18(17)20-12-21-24(27(33(41)42)23(20)22(19)25)28(34(43)44)30(36(47)48)29(35(45)46)26(21)32(39)40/h1-12H,(H,37,38)(H,39,40)(H,41,42)(H,43,44)(H,45,46)(H,47,48). The summed E-state index contributed by atoms with van der Waals surface area (Å²) in [6.45, 7) is 0. The highest BCUT2D eigenvalue weighted by Gasteiger charge is 2.37. The molecule has 0 saturated heterocycles. The average molecular weight is 643 g/mol. The van der Waals surface area contributed by atoms with E-state index in [1.807, 2.05) is 0 Å². The minimum absolute atomic E-state index is 0.0239. The molecule has 0 fully saturated rings. The number of benzene rings is 7. The highest BCUT2D eigenvalue weighted by Crippen LogP contribution is 2.46. The molecule has 0 heterocycles. The average Bonchev–Trinajstić information content (AvgIpc) is 3.03. The monoisotopic (exact) mass is 642 g/mol. The van der Waals surface area contributed by atoms with Crippen molar-refractivity contribution in [3.63, 3.8) is 0 Å². The van der Waals surface area contributed by atoms with Gasteiger partial charge in [0.05, 0.1) is 33.4 Å². The lowest BCUT2D eigenvalue weighted by Crippen LogP contribution is -2.21. The molecule has 0 unspecified atom stereocenters. The molecule has 6 N–H and O–H groups in total. The molecule has 0 aliphatic carbocycles. The summed E-state index contributed by atoms with van der Waals surface area (Å²) in [6.07, 6.45) is 0. The number of carboxylic acid groups (broad SMARTS) is 6. The Morgan fingerprint density at radius 2 is 0.708 bits per heavy atom. The number of rotatable bonds is 6. The summed E-state index contributed by atoms with van der Waals surface area (Å²) < 4.78 is 0. The van der Waals surface area contributed by atoms with Crippen molar-refractivity contribution >= 4 is 100 Å². The second-order valence-electron chi connectivity index (χ2n) is 11.1. The SMILES string of the molecule is O=C(O)c1c(C(=O)O)c(C(=O)O)c2c(C(=O)O)c3c(cc2c1C(=O)O)c1cc2ccccc2cc1c1cc2ccccc2c(C(=O)O)c13. The maximum absolute atomic E-state index is 13.4. The Hall–Kier alpha value is -7.08. The van der Waals surface area contributed by atoms with Crippen molar-refractivity contribution in [1.29, 1.82) is 0 Å². The zero-order chi connectivity index (χ0) is 34.3. The fourth-order valence-corrected chi connectivity index (χ4v) is 6.93. The topological polar surface area (TPSA) is 224 Å². The predicted molar refractivity (Wildman–Crippen MR) is 173 cm³/mol. The van der Waals surface area contributed by atoms with Crippen molar-refractivity contribution in [1.82, 2.24) is 0 Å². The lowest BCUT2D eigenvalue weighted by Gasteiger charge is -2.21.